The summed E-state index contributed by atoms with van der Waals surface area (Å²) >= 11 is 5.91. The zero-order valence-electron chi connectivity index (χ0n) is 12.4. The molecule has 1 atom stereocenters. The molecule has 4 nitrogen and oxygen atoms in total. The first-order valence-electron chi connectivity index (χ1n) is 6.94. The Hall–Kier alpha value is -1.62. The molecule has 0 saturated heterocycles. The van der Waals surface area contributed by atoms with Gasteiger partial charge in [0.2, 0.25) is 5.91 Å². The van der Waals surface area contributed by atoms with Crippen molar-refractivity contribution in [3.05, 3.63) is 29.8 Å². The SMILES string of the molecule is CC(C)CNC(=O)C(C)n1c(CCl)nc2ccc(F)cc21. The van der Waals surface area contributed by atoms with Crippen LogP contribution in [0.2, 0.25) is 0 Å². The first-order chi connectivity index (χ1) is 9.93. The number of hydrogen-bond acceptors (Lipinski definition) is 2. The van der Waals surface area contributed by atoms with Crippen molar-refractivity contribution < 1.29 is 9.18 Å². The van der Waals surface area contributed by atoms with Crippen LogP contribution in [0.1, 0.15) is 32.6 Å². The van der Waals surface area contributed by atoms with E-state index < -0.39 is 6.04 Å². The lowest BCUT2D eigenvalue weighted by atomic mass is 10.2. The summed E-state index contributed by atoms with van der Waals surface area (Å²) in [5.74, 6) is 0.603. The van der Waals surface area contributed by atoms with Crippen LogP contribution in [-0.2, 0) is 10.7 Å². The summed E-state index contributed by atoms with van der Waals surface area (Å²) in [4.78, 5) is 16.6. The summed E-state index contributed by atoms with van der Waals surface area (Å²) in [7, 11) is 0. The third-order valence-electron chi connectivity index (χ3n) is 3.30. The second-order valence-corrected chi connectivity index (χ2v) is 5.75. The van der Waals surface area contributed by atoms with Gasteiger partial charge < -0.3 is 9.88 Å². The summed E-state index contributed by atoms with van der Waals surface area (Å²) in [5, 5.41) is 2.88. The van der Waals surface area contributed by atoms with Gasteiger partial charge in [-0.25, -0.2) is 9.37 Å². The molecule has 114 valence electrons. The number of aromatic nitrogens is 2. The highest BCUT2D eigenvalue weighted by Gasteiger charge is 2.21. The molecule has 0 spiro atoms. The Bertz CT molecular complexity index is 654. The smallest absolute Gasteiger partial charge is 0.242 e. The number of imidazole rings is 1. The van der Waals surface area contributed by atoms with Crippen LogP contribution >= 0.6 is 11.6 Å². The van der Waals surface area contributed by atoms with Gasteiger partial charge in [0.1, 0.15) is 17.7 Å². The van der Waals surface area contributed by atoms with Crippen molar-refractivity contribution >= 4 is 28.5 Å². The standard InChI is InChI=1S/C15H19ClFN3O/c1-9(2)8-18-15(21)10(3)20-13-6-11(17)4-5-12(13)19-14(20)7-16/h4-6,9-10H,7-8H2,1-3H3,(H,18,21). The summed E-state index contributed by atoms with van der Waals surface area (Å²) in [6.45, 7) is 6.41. The molecule has 0 aliphatic heterocycles. The minimum absolute atomic E-state index is 0.126. The molecular formula is C15H19ClFN3O. The van der Waals surface area contributed by atoms with Gasteiger partial charge in [-0.1, -0.05) is 13.8 Å². The fraction of sp³-hybridized carbons (Fsp3) is 0.467. The maximum absolute atomic E-state index is 13.5. The molecule has 1 amide bonds. The van der Waals surface area contributed by atoms with Crippen LogP contribution in [-0.4, -0.2) is 22.0 Å². The number of carbonyl (C=O) groups excluding carboxylic acids is 1. The van der Waals surface area contributed by atoms with E-state index in [4.69, 9.17) is 11.6 Å². The van der Waals surface area contributed by atoms with Gasteiger partial charge >= 0.3 is 0 Å². The van der Waals surface area contributed by atoms with Crippen LogP contribution in [0.15, 0.2) is 18.2 Å². The number of nitrogens with one attached hydrogen (secondary N) is 1. The van der Waals surface area contributed by atoms with E-state index in [0.717, 1.165) is 0 Å². The molecule has 1 heterocycles. The second-order valence-electron chi connectivity index (χ2n) is 5.48. The normalized spacial score (nSPS) is 12.9. The third-order valence-corrected chi connectivity index (χ3v) is 3.53. The molecule has 1 aromatic heterocycles. The minimum atomic E-state index is -0.496. The fourth-order valence-electron chi connectivity index (χ4n) is 2.21. The van der Waals surface area contributed by atoms with E-state index in [2.05, 4.69) is 10.3 Å². The van der Waals surface area contributed by atoms with Crippen molar-refractivity contribution in [1.82, 2.24) is 14.9 Å². The lowest BCUT2D eigenvalue weighted by Gasteiger charge is -2.17. The van der Waals surface area contributed by atoms with Gasteiger partial charge in [-0.3, -0.25) is 4.79 Å². The molecule has 0 radical (unpaired) electrons. The lowest BCUT2D eigenvalue weighted by Crippen LogP contribution is -2.34. The average Bonchev–Trinajstić information content (AvgIpc) is 2.81. The van der Waals surface area contributed by atoms with Gasteiger partial charge in [-0.05, 0) is 31.0 Å². The first kappa shape index (κ1) is 15.8. The van der Waals surface area contributed by atoms with E-state index in [1.54, 1.807) is 17.6 Å². The molecule has 6 heteroatoms. The second kappa shape index (κ2) is 6.43. The molecule has 0 fully saturated rings. The van der Waals surface area contributed by atoms with Crippen molar-refractivity contribution in [3.63, 3.8) is 0 Å². The molecule has 1 aromatic carbocycles. The van der Waals surface area contributed by atoms with E-state index >= 15 is 0 Å². The van der Waals surface area contributed by atoms with Gasteiger partial charge in [0.25, 0.3) is 0 Å². The van der Waals surface area contributed by atoms with Crippen LogP contribution in [0.4, 0.5) is 4.39 Å². The number of amides is 1. The molecule has 1 unspecified atom stereocenters. The number of halogens is 2. The molecular weight excluding hydrogens is 293 g/mol. The van der Waals surface area contributed by atoms with Gasteiger partial charge in [0.05, 0.1) is 16.9 Å². The van der Waals surface area contributed by atoms with Crippen LogP contribution in [0.5, 0.6) is 0 Å². The molecule has 2 rings (SSSR count). The van der Waals surface area contributed by atoms with E-state index in [1.165, 1.54) is 12.1 Å². The van der Waals surface area contributed by atoms with Crippen molar-refractivity contribution in [2.45, 2.75) is 32.7 Å². The summed E-state index contributed by atoms with van der Waals surface area (Å²) in [6.07, 6.45) is 0. The highest BCUT2D eigenvalue weighted by Crippen LogP contribution is 2.23. The van der Waals surface area contributed by atoms with Crippen LogP contribution in [0.3, 0.4) is 0 Å². The van der Waals surface area contributed by atoms with Gasteiger partial charge in [-0.15, -0.1) is 11.6 Å². The van der Waals surface area contributed by atoms with Crippen molar-refractivity contribution in [2.24, 2.45) is 5.92 Å². The quantitative estimate of drug-likeness (QED) is 0.862. The van der Waals surface area contributed by atoms with Crippen LogP contribution in [0, 0.1) is 11.7 Å². The van der Waals surface area contributed by atoms with Crippen LogP contribution in [0.25, 0.3) is 11.0 Å². The third kappa shape index (κ3) is 3.35. The Labute approximate surface area is 128 Å². The summed E-state index contributed by atoms with van der Waals surface area (Å²) in [6, 6.07) is 3.83. The Morgan fingerprint density at radius 2 is 2.14 bits per heavy atom. The fourth-order valence-corrected chi connectivity index (χ4v) is 2.40. The summed E-state index contributed by atoms with van der Waals surface area (Å²) < 4.78 is 15.2. The molecule has 2 aromatic rings. The number of carbonyl (C=O) groups is 1. The largest absolute Gasteiger partial charge is 0.354 e. The number of hydrogen-bond donors (Lipinski definition) is 1. The summed E-state index contributed by atoms with van der Waals surface area (Å²) in [5.41, 5.74) is 1.22. The highest BCUT2D eigenvalue weighted by atomic mass is 35.5. The van der Waals surface area contributed by atoms with E-state index in [-0.39, 0.29) is 17.6 Å². The highest BCUT2D eigenvalue weighted by molar-refractivity contribution is 6.16. The predicted molar refractivity (Wildman–Crippen MR) is 81.8 cm³/mol. The number of nitrogens with zero attached hydrogens (tertiary/aromatic N) is 2. The number of rotatable bonds is 5. The molecule has 0 bridgehead atoms. The molecule has 0 aliphatic rings. The Balaban J connectivity index is 2.39. The van der Waals surface area contributed by atoms with E-state index in [9.17, 15) is 9.18 Å². The number of fused-ring (bicyclic) bond motifs is 1. The molecule has 1 N–H and O–H groups in total. The number of benzene rings is 1. The topological polar surface area (TPSA) is 46.9 Å². The lowest BCUT2D eigenvalue weighted by molar-refractivity contribution is -0.124. The average molecular weight is 312 g/mol. The minimum Gasteiger partial charge on any atom is -0.354 e. The maximum Gasteiger partial charge on any atom is 0.242 e. The molecule has 21 heavy (non-hydrogen) atoms. The maximum atomic E-state index is 13.5. The Morgan fingerprint density at radius 3 is 2.76 bits per heavy atom. The predicted octanol–water partition coefficient (Wildman–Crippen LogP) is 3.25. The van der Waals surface area contributed by atoms with Crippen molar-refractivity contribution in [3.8, 4) is 0 Å². The zero-order valence-corrected chi connectivity index (χ0v) is 13.1. The zero-order chi connectivity index (χ0) is 15.6. The first-order valence-corrected chi connectivity index (χ1v) is 7.47. The van der Waals surface area contributed by atoms with Gasteiger partial charge in [0, 0.05) is 6.54 Å². The van der Waals surface area contributed by atoms with Crippen LogP contribution < -0.4 is 5.32 Å². The molecule has 0 aliphatic carbocycles. The van der Waals surface area contributed by atoms with Crippen molar-refractivity contribution in [1.29, 1.82) is 0 Å². The van der Waals surface area contributed by atoms with E-state index in [0.29, 0.717) is 29.3 Å². The molecule has 0 saturated carbocycles. The van der Waals surface area contributed by atoms with Crippen molar-refractivity contribution in [2.75, 3.05) is 6.54 Å². The number of alkyl halides is 1. The Morgan fingerprint density at radius 1 is 1.43 bits per heavy atom. The van der Waals surface area contributed by atoms with Gasteiger partial charge in [-0.2, -0.15) is 0 Å². The van der Waals surface area contributed by atoms with E-state index in [1.807, 2.05) is 13.8 Å². The monoisotopic (exact) mass is 311 g/mol. The van der Waals surface area contributed by atoms with Gasteiger partial charge in [0.15, 0.2) is 0 Å². The Kier molecular flexibility index (Phi) is 4.83.